The van der Waals surface area contributed by atoms with Gasteiger partial charge in [0.25, 0.3) is 0 Å². The van der Waals surface area contributed by atoms with Gasteiger partial charge in [-0.3, -0.25) is 4.79 Å². The minimum Gasteiger partial charge on any atom is -0.454 e. The Labute approximate surface area is 181 Å². The SMILES string of the molecule is COCCn1c(C)cc(C(=O)COC(=O)c2cc(C)n(-c3ccc(F)cc3)c2C)c1C. The van der Waals surface area contributed by atoms with Crippen LogP contribution in [0.4, 0.5) is 4.39 Å². The number of esters is 1. The quantitative estimate of drug-likeness (QED) is 0.397. The zero-order valence-corrected chi connectivity index (χ0v) is 18.5. The summed E-state index contributed by atoms with van der Waals surface area (Å²) in [5.74, 6) is -1.15. The number of carbonyl (C=O) groups is 2. The first-order chi connectivity index (χ1) is 14.7. The first-order valence-electron chi connectivity index (χ1n) is 10.1. The second-order valence-corrected chi connectivity index (χ2v) is 7.53. The van der Waals surface area contributed by atoms with Crippen LogP contribution in [0.3, 0.4) is 0 Å². The Balaban J connectivity index is 1.74. The Hall–Kier alpha value is -3.19. The topological polar surface area (TPSA) is 62.5 Å². The van der Waals surface area contributed by atoms with Crippen LogP contribution >= 0.6 is 0 Å². The molecule has 0 atom stereocenters. The van der Waals surface area contributed by atoms with Gasteiger partial charge in [0, 0.05) is 47.7 Å². The summed E-state index contributed by atoms with van der Waals surface area (Å²) in [5.41, 5.74) is 4.91. The molecule has 0 fully saturated rings. The molecule has 1 aromatic carbocycles. The Morgan fingerprint density at radius 2 is 1.58 bits per heavy atom. The van der Waals surface area contributed by atoms with Crippen LogP contribution in [0.1, 0.15) is 43.5 Å². The zero-order valence-electron chi connectivity index (χ0n) is 18.5. The largest absolute Gasteiger partial charge is 0.454 e. The standard InChI is InChI=1S/C24H27FN2O4/c1-15-12-21(17(3)26(15)10-11-30-5)23(28)14-31-24(29)22-13-16(2)27(18(22)4)20-8-6-19(25)7-9-20/h6-9,12-13H,10-11,14H2,1-5H3. The van der Waals surface area contributed by atoms with Crippen molar-refractivity contribution in [3.63, 3.8) is 0 Å². The van der Waals surface area contributed by atoms with E-state index >= 15 is 0 Å². The van der Waals surface area contributed by atoms with E-state index in [9.17, 15) is 14.0 Å². The number of halogens is 1. The molecule has 3 rings (SSSR count). The molecule has 31 heavy (non-hydrogen) atoms. The Kier molecular flexibility index (Phi) is 6.75. The predicted octanol–water partition coefficient (Wildman–Crippen LogP) is 4.34. The van der Waals surface area contributed by atoms with E-state index in [1.54, 1.807) is 32.2 Å². The molecule has 2 aromatic heterocycles. The van der Waals surface area contributed by atoms with Crippen LogP contribution in [0.25, 0.3) is 5.69 Å². The van der Waals surface area contributed by atoms with Crippen molar-refractivity contribution in [3.8, 4) is 5.69 Å². The maximum absolute atomic E-state index is 13.2. The van der Waals surface area contributed by atoms with Crippen molar-refractivity contribution in [1.29, 1.82) is 0 Å². The summed E-state index contributed by atoms with van der Waals surface area (Å²) in [7, 11) is 1.63. The number of ether oxygens (including phenoxy) is 2. The van der Waals surface area contributed by atoms with Gasteiger partial charge < -0.3 is 18.6 Å². The van der Waals surface area contributed by atoms with Gasteiger partial charge in [0.05, 0.1) is 12.2 Å². The number of ketones is 1. The van der Waals surface area contributed by atoms with E-state index in [-0.39, 0.29) is 18.2 Å². The maximum Gasteiger partial charge on any atom is 0.340 e. The molecule has 0 amide bonds. The molecule has 0 aliphatic rings. The molecule has 3 aromatic rings. The highest BCUT2D eigenvalue weighted by Gasteiger charge is 2.21. The fraction of sp³-hybridized carbons (Fsp3) is 0.333. The molecule has 0 saturated carbocycles. The van der Waals surface area contributed by atoms with E-state index < -0.39 is 5.97 Å². The van der Waals surface area contributed by atoms with Crippen molar-refractivity contribution in [2.75, 3.05) is 20.3 Å². The van der Waals surface area contributed by atoms with Crippen molar-refractivity contribution in [2.24, 2.45) is 0 Å². The number of nitrogens with zero attached hydrogens (tertiary/aromatic N) is 2. The summed E-state index contributed by atoms with van der Waals surface area (Å²) in [5, 5.41) is 0. The number of hydrogen-bond donors (Lipinski definition) is 0. The van der Waals surface area contributed by atoms with Gasteiger partial charge in [-0.05, 0) is 64.1 Å². The van der Waals surface area contributed by atoms with E-state index in [1.165, 1.54) is 12.1 Å². The highest BCUT2D eigenvalue weighted by Crippen LogP contribution is 2.22. The van der Waals surface area contributed by atoms with Crippen molar-refractivity contribution in [1.82, 2.24) is 9.13 Å². The smallest absolute Gasteiger partial charge is 0.340 e. The lowest BCUT2D eigenvalue weighted by Gasteiger charge is -2.10. The molecular formula is C24H27FN2O4. The number of Topliss-reactive ketones (excluding diaryl/α,β-unsaturated/α-hetero) is 1. The lowest BCUT2D eigenvalue weighted by atomic mass is 10.1. The summed E-state index contributed by atoms with van der Waals surface area (Å²) < 4.78 is 27.6. The molecule has 0 N–H and O–H groups in total. The van der Waals surface area contributed by atoms with Crippen LogP contribution in [0, 0.1) is 33.5 Å². The molecule has 0 spiro atoms. The predicted molar refractivity (Wildman–Crippen MR) is 116 cm³/mol. The molecule has 0 saturated heterocycles. The zero-order chi connectivity index (χ0) is 22.7. The highest BCUT2D eigenvalue weighted by atomic mass is 19.1. The van der Waals surface area contributed by atoms with E-state index in [0.29, 0.717) is 30.0 Å². The molecule has 6 nitrogen and oxygen atoms in total. The van der Waals surface area contributed by atoms with Crippen LogP contribution in [0.15, 0.2) is 36.4 Å². The van der Waals surface area contributed by atoms with Gasteiger partial charge in [-0.25, -0.2) is 9.18 Å². The van der Waals surface area contributed by atoms with Crippen molar-refractivity contribution in [3.05, 3.63) is 76.1 Å². The summed E-state index contributed by atoms with van der Waals surface area (Å²) >= 11 is 0. The average Bonchev–Trinajstić information content (AvgIpc) is 3.20. The van der Waals surface area contributed by atoms with Gasteiger partial charge >= 0.3 is 5.97 Å². The monoisotopic (exact) mass is 426 g/mol. The first-order valence-corrected chi connectivity index (χ1v) is 10.1. The van der Waals surface area contributed by atoms with Crippen molar-refractivity contribution < 1.29 is 23.5 Å². The number of methoxy groups -OCH3 is 1. The number of rotatable bonds is 8. The van der Waals surface area contributed by atoms with Gasteiger partial charge in [0.15, 0.2) is 6.61 Å². The van der Waals surface area contributed by atoms with E-state index in [2.05, 4.69) is 0 Å². The lowest BCUT2D eigenvalue weighted by Crippen LogP contribution is -2.16. The fourth-order valence-corrected chi connectivity index (χ4v) is 3.85. The molecule has 0 unspecified atom stereocenters. The molecule has 2 heterocycles. The summed E-state index contributed by atoms with van der Waals surface area (Å²) in [4.78, 5) is 25.4. The third-order valence-corrected chi connectivity index (χ3v) is 5.46. The summed E-state index contributed by atoms with van der Waals surface area (Å²) in [6, 6.07) is 9.55. The fourth-order valence-electron chi connectivity index (χ4n) is 3.85. The maximum atomic E-state index is 13.2. The molecule has 0 bridgehead atoms. The molecule has 0 radical (unpaired) electrons. The van der Waals surface area contributed by atoms with E-state index in [0.717, 1.165) is 22.8 Å². The van der Waals surface area contributed by atoms with E-state index in [1.807, 2.05) is 36.0 Å². The van der Waals surface area contributed by atoms with Crippen LogP contribution in [0.2, 0.25) is 0 Å². The number of benzene rings is 1. The van der Waals surface area contributed by atoms with Crippen molar-refractivity contribution >= 4 is 11.8 Å². The van der Waals surface area contributed by atoms with Gasteiger partial charge in [0.1, 0.15) is 5.82 Å². The van der Waals surface area contributed by atoms with Gasteiger partial charge in [-0.1, -0.05) is 0 Å². The molecular weight excluding hydrogens is 399 g/mol. The van der Waals surface area contributed by atoms with E-state index in [4.69, 9.17) is 9.47 Å². The minimum atomic E-state index is -0.567. The Morgan fingerprint density at radius 1 is 0.935 bits per heavy atom. The number of hydrogen-bond acceptors (Lipinski definition) is 4. The third-order valence-electron chi connectivity index (χ3n) is 5.46. The minimum absolute atomic E-state index is 0.252. The summed E-state index contributed by atoms with van der Waals surface area (Å²) in [6.07, 6.45) is 0. The van der Waals surface area contributed by atoms with Crippen LogP contribution < -0.4 is 0 Å². The molecule has 0 aliphatic heterocycles. The van der Waals surface area contributed by atoms with Crippen LogP contribution in [0.5, 0.6) is 0 Å². The first kappa shape index (κ1) is 22.5. The number of aromatic nitrogens is 2. The Morgan fingerprint density at radius 3 is 2.23 bits per heavy atom. The third kappa shape index (κ3) is 4.61. The number of carbonyl (C=O) groups excluding carboxylic acids is 2. The second kappa shape index (κ2) is 9.31. The van der Waals surface area contributed by atoms with Gasteiger partial charge in [-0.15, -0.1) is 0 Å². The van der Waals surface area contributed by atoms with Gasteiger partial charge in [-0.2, -0.15) is 0 Å². The molecule has 0 aliphatic carbocycles. The van der Waals surface area contributed by atoms with Crippen LogP contribution in [-0.2, 0) is 16.0 Å². The molecule has 7 heteroatoms. The normalized spacial score (nSPS) is 11.0. The lowest BCUT2D eigenvalue weighted by molar-refractivity contribution is 0.0473. The molecule has 164 valence electrons. The number of aryl methyl sites for hydroxylation is 2. The van der Waals surface area contributed by atoms with Crippen molar-refractivity contribution in [2.45, 2.75) is 34.2 Å². The second-order valence-electron chi connectivity index (χ2n) is 7.53. The Bertz CT molecular complexity index is 1110. The van der Waals surface area contributed by atoms with Gasteiger partial charge in [0.2, 0.25) is 5.78 Å². The van der Waals surface area contributed by atoms with Crippen LogP contribution in [-0.4, -0.2) is 41.2 Å². The summed E-state index contributed by atoms with van der Waals surface area (Å²) in [6.45, 7) is 8.29. The highest BCUT2D eigenvalue weighted by molar-refractivity contribution is 6.00. The average molecular weight is 426 g/mol.